The number of carbonyl (C=O) groups is 1. The summed E-state index contributed by atoms with van der Waals surface area (Å²) in [6.45, 7) is 4.91. The van der Waals surface area contributed by atoms with Gasteiger partial charge >= 0.3 is 0 Å². The molecular weight excluding hydrogens is 344 g/mol. The molecule has 1 aliphatic heterocycles. The third-order valence-electron chi connectivity index (χ3n) is 5.27. The molecule has 1 N–H and O–H groups in total. The fraction of sp³-hybridized carbons (Fsp3) is 0.350. The van der Waals surface area contributed by atoms with Gasteiger partial charge < -0.3 is 14.6 Å². The number of imidazole rings is 1. The Morgan fingerprint density at radius 2 is 2.00 bits per heavy atom. The van der Waals surface area contributed by atoms with E-state index in [1.165, 1.54) is 0 Å². The maximum absolute atomic E-state index is 13.1. The Morgan fingerprint density at radius 3 is 2.63 bits per heavy atom. The normalized spacial score (nSPS) is 19.4. The van der Waals surface area contributed by atoms with E-state index in [9.17, 15) is 9.59 Å². The summed E-state index contributed by atoms with van der Waals surface area (Å²) in [4.78, 5) is 29.3. The number of nitrogens with one attached hydrogen (secondary N) is 1. The molecule has 27 heavy (non-hydrogen) atoms. The lowest BCUT2D eigenvalue weighted by molar-refractivity contribution is -0.119. The highest BCUT2D eigenvalue weighted by molar-refractivity contribution is 5.80. The van der Waals surface area contributed by atoms with Crippen molar-refractivity contribution in [2.75, 3.05) is 13.7 Å². The number of hydrogen-bond acceptors (Lipinski definition) is 4. The van der Waals surface area contributed by atoms with Crippen molar-refractivity contribution in [1.29, 1.82) is 0 Å². The molecule has 1 fully saturated rings. The fourth-order valence-electron chi connectivity index (χ4n) is 3.69. The van der Waals surface area contributed by atoms with E-state index >= 15 is 0 Å². The highest BCUT2D eigenvalue weighted by Crippen LogP contribution is 2.30. The minimum Gasteiger partial charge on any atom is -0.497 e. The monoisotopic (exact) mass is 366 g/mol. The Kier molecular flexibility index (Phi) is 4.02. The van der Waals surface area contributed by atoms with E-state index < -0.39 is 5.41 Å². The summed E-state index contributed by atoms with van der Waals surface area (Å²) in [6, 6.07) is 7.67. The largest absolute Gasteiger partial charge is 0.497 e. The molecule has 0 aliphatic carbocycles. The van der Waals surface area contributed by atoms with Crippen molar-refractivity contribution in [1.82, 2.24) is 19.3 Å². The Bertz CT molecular complexity index is 1080. The van der Waals surface area contributed by atoms with E-state index in [1.54, 1.807) is 17.9 Å². The van der Waals surface area contributed by atoms with Crippen LogP contribution >= 0.6 is 0 Å². The second-order valence-electron chi connectivity index (χ2n) is 7.36. The molecule has 4 rings (SSSR count). The summed E-state index contributed by atoms with van der Waals surface area (Å²) in [6.07, 6.45) is 3.91. The van der Waals surface area contributed by atoms with Gasteiger partial charge in [-0.25, -0.2) is 4.98 Å². The molecule has 1 amide bonds. The van der Waals surface area contributed by atoms with Crippen molar-refractivity contribution in [3.8, 4) is 5.75 Å². The average Bonchev–Trinajstić information content (AvgIpc) is 3.23. The van der Waals surface area contributed by atoms with Gasteiger partial charge in [0.2, 0.25) is 5.91 Å². The molecule has 0 spiro atoms. The molecule has 1 atom stereocenters. The van der Waals surface area contributed by atoms with Gasteiger partial charge in [0.05, 0.1) is 25.3 Å². The molecule has 1 aliphatic rings. The minimum absolute atomic E-state index is 0.0128. The Labute approximate surface area is 156 Å². The van der Waals surface area contributed by atoms with Crippen LogP contribution in [0.3, 0.4) is 0 Å². The predicted octanol–water partition coefficient (Wildman–Crippen LogP) is 1.64. The molecule has 7 nitrogen and oxygen atoms in total. The highest BCUT2D eigenvalue weighted by Gasteiger charge is 2.39. The number of carbonyl (C=O) groups excluding carboxylic acids is 1. The first kappa shape index (κ1) is 17.3. The number of amides is 1. The average molecular weight is 366 g/mol. The highest BCUT2D eigenvalue weighted by atomic mass is 16.5. The number of fused-ring (bicyclic) bond motifs is 1. The van der Waals surface area contributed by atoms with Crippen LogP contribution in [0.15, 0.2) is 41.5 Å². The number of rotatable bonds is 4. The van der Waals surface area contributed by atoms with Crippen LogP contribution in [0.25, 0.3) is 5.52 Å². The molecule has 0 saturated carbocycles. The summed E-state index contributed by atoms with van der Waals surface area (Å²) in [5.41, 5.74) is 1.87. The number of benzene rings is 1. The van der Waals surface area contributed by atoms with Crippen molar-refractivity contribution < 1.29 is 9.53 Å². The van der Waals surface area contributed by atoms with Gasteiger partial charge in [-0.1, -0.05) is 19.1 Å². The molecule has 1 saturated heterocycles. The zero-order valence-corrected chi connectivity index (χ0v) is 15.7. The summed E-state index contributed by atoms with van der Waals surface area (Å²) >= 11 is 0. The standard InChI is InChI=1S/C20H22N4O3/c1-13-10-24-16(9-21-19(24)20(2)8-17(25)22-12-20)18(26)23(13)11-14-4-6-15(27-3)7-5-14/h4-7,9-10H,8,11-12H2,1-3H3,(H,22,25). The molecule has 140 valence electrons. The van der Waals surface area contributed by atoms with Crippen LogP contribution in [0, 0.1) is 6.92 Å². The Morgan fingerprint density at radius 1 is 1.26 bits per heavy atom. The Balaban J connectivity index is 1.76. The van der Waals surface area contributed by atoms with E-state index in [0.29, 0.717) is 25.0 Å². The number of ether oxygens (including phenoxy) is 1. The number of methoxy groups -OCH3 is 1. The molecule has 1 aromatic carbocycles. The molecule has 0 bridgehead atoms. The lowest BCUT2D eigenvalue weighted by Crippen LogP contribution is -2.30. The third-order valence-corrected chi connectivity index (χ3v) is 5.27. The van der Waals surface area contributed by atoms with Crippen LogP contribution in [0.2, 0.25) is 0 Å². The maximum atomic E-state index is 13.1. The zero-order valence-electron chi connectivity index (χ0n) is 15.7. The van der Waals surface area contributed by atoms with Gasteiger partial charge in [-0.2, -0.15) is 0 Å². The van der Waals surface area contributed by atoms with Crippen molar-refractivity contribution >= 4 is 11.4 Å². The first-order valence-electron chi connectivity index (χ1n) is 8.89. The van der Waals surface area contributed by atoms with Gasteiger partial charge in [-0.3, -0.25) is 14.0 Å². The summed E-state index contributed by atoms with van der Waals surface area (Å²) < 4.78 is 8.76. The minimum atomic E-state index is -0.412. The second-order valence-corrected chi connectivity index (χ2v) is 7.36. The van der Waals surface area contributed by atoms with Crippen molar-refractivity contribution in [3.63, 3.8) is 0 Å². The maximum Gasteiger partial charge on any atom is 0.276 e. The number of nitrogens with zero attached hydrogens (tertiary/aromatic N) is 3. The molecule has 3 heterocycles. The van der Waals surface area contributed by atoms with E-state index in [0.717, 1.165) is 22.8 Å². The van der Waals surface area contributed by atoms with Crippen LogP contribution in [0.4, 0.5) is 0 Å². The van der Waals surface area contributed by atoms with E-state index in [1.807, 2.05) is 48.7 Å². The number of aromatic nitrogens is 3. The van der Waals surface area contributed by atoms with E-state index in [-0.39, 0.29) is 11.5 Å². The fourth-order valence-corrected chi connectivity index (χ4v) is 3.69. The predicted molar refractivity (Wildman–Crippen MR) is 101 cm³/mol. The van der Waals surface area contributed by atoms with E-state index in [4.69, 9.17) is 4.74 Å². The first-order chi connectivity index (χ1) is 12.9. The Hall–Kier alpha value is -3.09. The summed E-state index contributed by atoms with van der Waals surface area (Å²) in [5.74, 6) is 1.54. The van der Waals surface area contributed by atoms with Crippen LogP contribution < -0.4 is 15.6 Å². The topological polar surface area (TPSA) is 77.6 Å². The molecule has 0 radical (unpaired) electrons. The number of aryl methyl sites for hydroxylation is 1. The van der Waals surface area contributed by atoms with Gasteiger partial charge in [0.1, 0.15) is 17.1 Å². The van der Waals surface area contributed by atoms with Crippen molar-refractivity contribution in [2.24, 2.45) is 0 Å². The lowest BCUT2D eigenvalue weighted by Gasteiger charge is -2.20. The van der Waals surface area contributed by atoms with Crippen LogP contribution in [-0.4, -0.2) is 33.5 Å². The van der Waals surface area contributed by atoms with Crippen molar-refractivity contribution in [3.05, 3.63) is 64.1 Å². The van der Waals surface area contributed by atoms with Crippen LogP contribution in [-0.2, 0) is 16.8 Å². The molecular formula is C20H22N4O3. The van der Waals surface area contributed by atoms with Crippen LogP contribution in [0.1, 0.15) is 30.4 Å². The quantitative estimate of drug-likeness (QED) is 0.761. The second kappa shape index (κ2) is 6.26. The zero-order chi connectivity index (χ0) is 19.2. The molecule has 2 aromatic heterocycles. The molecule has 3 aromatic rings. The van der Waals surface area contributed by atoms with E-state index in [2.05, 4.69) is 10.3 Å². The third kappa shape index (κ3) is 2.89. The van der Waals surface area contributed by atoms with Crippen molar-refractivity contribution in [2.45, 2.75) is 32.2 Å². The smallest absolute Gasteiger partial charge is 0.276 e. The van der Waals surface area contributed by atoms with Gasteiger partial charge in [-0.15, -0.1) is 0 Å². The van der Waals surface area contributed by atoms with Gasteiger partial charge in [0, 0.05) is 24.9 Å². The lowest BCUT2D eigenvalue weighted by atomic mass is 9.88. The summed E-state index contributed by atoms with van der Waals surface area (Å²) in [7, 11) is 1.63. The first-order valence-corrected chi connectivity index (χ1v) is 8.89. The molecule has 7 heteroatoms. The van der Waals surface area contributed by atoms with Gasteiger partial charge in [-0.05, 0) is 24.6 Å². The van der Waals surface area contributed by atoms with Gasteiger partial charge in [0.15, 0.2) is 0 Å². The summed E-state index contributed by atoms with van der Waals surface area (Å²) in [5, 5.41) is 2.86. The SMILES string of the molecule is COc1ccc(Cn2c(C)cn3c(C4(C)CNC(=O)C4)ncc3c2=O)cc1. The van der Waals surface area contributed by atoms with Crippen LogP contribution in [0.5, 0.6) is 5.75 Å². The number of hydrogen-bond donors (Lipinski definition) is 1. The molecule has 1 unspecified atom stereocenters. The van der Waals surface area contributed by atoms with Gasteiger partial charge in [0.25, 0.3) is 5.56 Å².